The van der Waals surface area contributed by atoms with E-state index in [1.165, 1.54) is 6.07 Å². The van der Waals surface area contributed by atoms with Crippen LogP contribution >= 0.6 is 11.8 Å². The third-order valence-electron chi connectivity index (χ3n) is 6.86. The molecule has 0 spiro atoms. The Bertz CT molecular complexity index is 1490. The Morgan fingerprint density at radius 2 is 1.91 bits per heavy atom. The molecule has 0 unspecified atom stereocenters. The van der Waals surface area contributed by atoms with Gasteiger partial charge < -0.3 is 4.98 Å². The van der Waals surface area contributed by atoms with Crippen molar-refractivity contribution in [3.8, 4) is 22.3 Å². The van der Waals surface area contributed by atoms with Gasteiger partial charge in [-0.15, -0.1) is 0 Å². The van der Waals surface area contributed by atoms with Gasteiger partial charge in [0.15, 0.2) is 0 Å². The fourth-order valence-corrected chi connectivity index (χ4v) is 5.04. The van der Waals surface area contributed by atoms with E-state index in [1.807, 2.05) is 46.9 Å². The molecule has 9 heteroatoms. The Labute approximate surface area is 207 Å². The molecule has 1 saturated heterocycles. The van der Waals surface area contributed by atoms with Crippen molar-refractivity contribution in [2.24, 2.45) is 0 Å². The van der Waals surface area contributed by atoms with Crippen molar-refractivity contribution >= 4 is 22.8 Å². The zero-order valence-electron chi connectivity index (χ0n) is 19.3. The number of fused-ring (bicyclic) bond motifs is 1. The molecular formula is C26H25ClFN7. The Balaban J connectivity index is 1.30. The van der Waals surface area contributed by atoms with Crippen LogP contribution in [0.5, 0.6) is 0 Å². The van der Waals surface area contributed by atoms with E-state index in [4.69, 9.17) is 11.8 Å². The van der Waals surface area contributed by atoms with Crippen molar-refractivity contribution in [3.63, 3.8) is 0 Å². The summed E-state index contributed by atoms with van der Waals surface area (Å²) in [5, 5.41) is 10.2. The first-order valence-corrected chi connectivity index (χ1v) is 12.1. The number of aromatic nitrogens is 6. The molecule has 35 heavy (non-hydrogen) atoms. The first-order chi connectivity index (χ1) is 17.0. The summed E-state index contributed by atoms with van der Waals surface area (Å²) in [6.07, 6.45) is 11.7. The normalized spacial score (nSPS) is 15.3. The molecule has 6 rings (SSSR count). The summed E-state index contributed by atoms with van der Waals surface area (Å²) in [4.78, 5) is 7.95. The maximum Gasteiger partial charge on any atom is 0.137 e. The van der Waals surface area contributed by atoms with Crippen molar-refractivity contribution < 1.29 is 4.39 Å². The summed E-state index contributed by atoms with van der Waals surface area (Å²) < 4.78 is 19.4. The third kappa shape index (κ3) is 4.24. The van der Waals surface area contributed by atoms with Crippen molar-refractivity contribution in [2.45, 2.75) is 32.4 Å². The summed E-state index contributed by atoms with van der Waals surface area (Å²) >= 11 is 6.11. The number of halogens is 2. The van der Waals surface area contributed by atoms with Crippen LogP contribution in [0.4, 0.5) is 4.39 Å². The first kappa shape index (κ1) is 22.0. The van der Waals surface area contributed by atoms with Gasteiger partial charge in [0.05, 0.1) is 25.0 Å². The van der Waals surface area contributed by atoms with E-state index < -0.39 is 0 Å². The minimum absolute atomic E-state index is 0.240. The van der Waals surface area contributed by atoms with Crippen LogP contribution in [-0.2, 0) is 6.54 Å². The molecular weight excluding hydrogens is 465 g/mol. The molecule has 5 aromatic rings. The zero-order chi connectivity index (χ0) is 23.9. The van der Waals surface area contributed by atoms with E-state index in [0.717, 1.165) is 70.5 Å². The fraction of sp³-hybridized carbons (Fsp3) is 0.269. The molecule has 0 atom stereocenters. The average Bonchev–Trinajstić information content (AvgIpc) is 3.59. The number of benzene rings is 1. The number of nitrogens with zero attached hydrogens (tertiary/aromatic N) is 6. The minimum Gasteiger partial charge on any atom is -0.346 e. The molecule has 0 saturated carbocycles. The lowest BCUT2D eigenvalue weighted by molar-refractivity contribution is 0.269. The first-order valence-electron chi connectivity index (χ1n) is 11.7. The van der Waals surface area contributed by atoms with Gasteiger partial charge in [0.1, 0.15) is 11.5 Å². The van der Waals surface area contributed by atoms with E-state index in [-0.39, 0.29) is 5.82 Å². The number of hydrogen-bond acceptors (Lipinski definition) is 4. The Hall–Kier alpha value is -3.49. The smallest absolute Gasteiger partial charge is 0.137 e. The van der Waals surface area contributed by atoms with E-state index in [0.29, 0.717) is 12.6 Å². The molecule has 1 aliphatic heterocycles. The average molecular weight is 490 g/mol. The number of hydrogen-bond donors (Lipinski definition) is 1. The van der Waals surface area contributed by atoms with Crippen molar-refractivity contribution in [1.82, 2.24) is 33.9 Å². The molecule has 1 aromatic carbocycles. The summed E-state index contributed by atoms with van der Waals surface area (Å²) in [6.45, 7) is 4.28. The molecule has 5 heterocycles. The minimum atomic E-state index is -0.240. The monoisotopic (exact) mass is 489 g/mol. The Kier molecular flexibility index (Phi) is 5.62. The van der Waals surface area contributed by atoms with E-state index >= 15 is 0 Å². The molecule has 1 N–H and O–H groups in total. The number of pyridine rings is 1. The van der Waals surface area contributed by atoms with E-state index in [9.17, 15) is 4.39 Å². The van der Waals surface area contributed by atoms with Crippen LogP contribution in [0.3, 0.4) is 0 Å². The number of aromatic amines is 1. The molecule has 7 nitrogen and oxygen atoms in total. The maximum absolute atomic E-state index is 13.6. The summed E-state index contributed by atoms with van der Waals surface area (Å²) in [5.41, 5.74) is 6.83. The predicted octanol–water partition coefficient (Wildman–Crippen LogP) is 5.58. The quantitative estimate of drug-likeness (QED) is 0.327. The van der Waals surface area contributed by atoms with Crippen molar-refractivity contribution in [3.05, 3.63) is 78.4 Å². The number of H-pyrrole nitrogens is 1. The van der Waals surface area contributed by atoms with Crippen LogP contribution in [0.1, 0.15) is 30.1 Å². The highest BCUT2D eigenvalue weighted by molar-refractivity contribution is 6.13. The standard InChI is InChI=1S/C26H25ClFN7/c1-17-24(14-32-34(17)15-18-3-2-4-21(28)9-18)25-13-30-26-23(25)10-19(11-29-26)20-12-31-35(16-20)22-5-7-33(27)8-6-22/h2-4,9-14,16,22H,5-8,15H2,1H3,(H,29,30). The van der Waals surface area contributed by atoms with Crippen molar-refractivity contribution in [1.29, 1.82) is 0 Å². The van der Waals surface area contributed by atoms with Crippen LogP contribution < -0.4 is 0 Å². The second-order valence-electron chi connectivity index (χ2n) is 9.10. The summed E-state index contributed by atoms with van der Waals surface area (Å²) in [7, 11) is 0. The van der Waals surface area contributed by atoms with Gasteiger partial charge >= 0.3 is 0 Å². The molecule has 0 amide bonds. The Morgan fingerprint density at radius 1 is 1.06 bits per heavy atom. The van der Waals surface area contributed by atoms with Gasteiger partial charge in [-0.25, -0.2) is 13.8 Å². The lowest BCUT2D eigenvalue weighted by Gasteiger charge is -2.27. The van der Waals surface area contributed by atoms with Crippen molar-refractivity contribution in [2.75, 3.05) is 13.1 Å². The van der Waals surface area contributed by atoms with Gasteiger partial charge in [-0.2, -0.15) is 10.2 Å². The number of rotatable bonds is 5. The maximum atomic E-state index is 13.6. The Morgan fingerprint density at radius 3 is 2.74 bits per heavy atom. The largest absolute Gasteiger partial charge is 0.346 e. The van der Waals surface area contributed by atoms with Gasteiger partial charge in [0, 0.05) is 65.0 Å². The van der Waals surface area contributed by atoms with Gasteiger partial charge in [0.2, 0.25) is 0 Å². The van der Waals surface area contributed by atoms with Crippen LogP contribution in [-0.4, -0.2) is 47.0 Å². The second kappa shape index (κ2) is 8.94. The molecule has 0 bridgehead atoms. The molecule has 178 valence electrons. The van der Waals surface area contributed by atoms with Crippen LogP contribution in [0.15, 0.2) is 61.3 Å². The third-order valence-corrected chi connectivity index (χ3v) is 7.20. The van der Waals surface area contributed by atoms with Crippen LogP contribution in [0.2, 0.25) is 0 Å². The van der Waals surface area contributed by atoms with Gasteiger partial charge in [-0.05, 0) is 55.3 Å². The summed E-state index contributed by atoms with van der Waals surface area (Å²) in [5.74, 6) is -0.240. The predicted molar refractivity (Wildman–Crippen MR) is 134 cm³/mol. The highest BCUT2D eigenvalue weighted by Crippen LogP contribution is 2.33. The SMILES string of the molecule is Cc1c(-c2c[nH]c3ncc(-c4cnn(C5CCN(Cl)CC5)c4)cc23)cnn1Cc1cccc(F)c1. The number of piperidine rings is 1. The molecule has 4 aromatic heterocycles. The van der Waals surface area contributed by atoms with Crippen LogP contribution in [0.25, 0.3) is 33.3 Å². The van der Waals surface area contributed by atoms with Crippen LogP contribution in [0, 0.1) is 12.7 Å². The van der Waals surface area contributed by atoms with Gasteiger partial charge in [-0.3, -0.25) is 9.36 Å². The van der Waals surface area contributed by atoms with Gasteiger partial charge in [-0.1, -0.05) is 12.1 Å². The van der Waals surface area contributed by atoms with E-state index in [2.05, 4.69) is 37.1 Å². The van der Waals surface area contributed by atoms with Gasteiger partial charge in [0.25, 0.3) is 0 Å². The topological polar surface area (TPSA) is 67.6 Å². The zero-order valence-corrected chi connectivity index (χ0v) is 20.1. The lowest BCUT2D eigenvalue weighted by atomic mass is 10.0. The molecule has 1 aliphatic rings. The lowest BCUT2D eigenvalue weighted by Crippen LogP contribution is -2.28. The second-order valence-corrected chi connectivity index (χ2v) is 9.58. The molecule has 0 radical (unpaired) electrons. The fourth-order valence-electron chi connectivity index (χ4n) is 4.85. The van der Waals surface area contributed by atoms with E-state index in [1.54, 1.807) is 12.1 Å². The highest BCUT2D eigenvalue weighted by atomic mass is 35.5. The number of nitrogens with one attached hydrogen (secondary N) is 1. The highest BCUT2D eigenvalue weighted by Gasteiger charge is 2.21. The molecule has 0 aliphatic carbocycles. The molecule has 1 fully saturated rings. The summed E-state index contributed by atoms with van der Waals surface area (Å²) in [6, 6.07) is 9.14.